The Labute approximate surface area is 187 Å². The Bertz CT molecular complexity index is 1130. The average molecular weight is 431 g/mol. The van der Waals surface area contributed by atoms with Crippen molar-refractivity contribution in [3.05, 3.63) is 89.0 Å². The highest BCUT2D eigenvalue weighted by Gasteiger charge is 2.14. The molecule has 3 aromatic carbocycles. The molecule has 3 aromatic rings. The molecule has 0 heterocycles. The van der Waals surface area contributed by atoms with Crippen molar-refractivity contribution in [3.8, 4) is 11.5 Å². The molecule has 0 unspecified atom stereocenters. The largest absolute Gasteiger partial charge is 0.493 e. The summed E-state index contributed by atoms with van der Waals surface area (Å²) in [7, 11) is 1.55. The van der Waals surface area contributed by atoms with Gasteiger partial charge in [-0.1, -0.05) is 42.5 Å². The fraction of sp³-hybridized carbons (Fsp3) is 0.160. The highest BCUT2D eigenvalue weighted by Crippen LogP contribution is 2.28. The van der Waals surface area contributed by atoms with Gasteiger partial charge in [-0.05, 0) is 60.4 Å². The lowest BCUT2D eigenvalue weighted by Crippen LogP contribution is -2.32. The number of carbonyl (C=O) groups is 2. The second-order valence-electron chi connectivity index (χ2n) is 7.16. The molecule has 0 aliphatic rings. The second kappa shape index (κ2) is 10.8. The maximum Gasteiger partial charge on any atom is 0.329 e. The van der Waals surface area contributed by atoms with Crippen LogP contribution in [0.1, 0.15) is 22.3 Å². The first-order chi connectivity index (χ1) is 15.5. The molecule has 3 rings (SSSR count). The summed E-state index contributed by atoms with van der Waals surface area (Å²) in [5.74, 6) is -0.538. The van der Waals surface area contributed by atoms with Gasteiger partial charge in [0.15, 0.2) is 11.5 Å². The van der Waals surface area contributed by atoms with Gasteiger partial charge in [-0.15, -0.1) is 0 Å². The summed E-state index contributed by atoms with van der Waals surface area (Å²) < 4.78 is 11.2. The van der Waals surface area contributed by atoms with E-state index in [2.05, 4.69) is 15.8 Å². The van der Waals surface area contributed by atoms with Gasteiger partial charge < -0.3 is 14.8 Å². The van der Waals surface area contributed by atoms with E-state index in [0.29, 0.717) is 29.4 Å². The number of anilines is 1. The van der Waals surface area contributed by atoms with Crippen molar-refractivity contribution in [2.24, 2.45) is 5.10 Å². The predicted molar refractivity (Wildman–Crippen MR) is 124 cm³/mol. The molecule has 7 nitrogen and oxygen atoms in total. The molecule has 0 aliphatic carbocycles. The van der Waals surface area contributed by atoms with Crippen molar-refractivity contribution < 1.29 is 19.1 Å². The van der Waals surface area contributed by atoms with Gasteiger partial charge >= 0.3 is 11.8 Å². The number of hydrogen-bond donors (Lipinski definition) is 2. The van der Waals surface area contributed by atoms with Crippen LogP contribution in [0.2, 0.25) is 0 Å². The molecule has 0 aromatic heterocycles. The maximum absolute atomic E-state index is 12.1. The number of nitrogens with zero attached hydrogens (tertiary/aromatic N) is 1. The van der Waals surface area contributed by atoms with Gasteiger partial charge in [0.2, 0.25) is 0 Å². The Hall–Kier alpha value is -4.13. The van der Waals surface area contributed by atoms with Gasteiger partial charge in [0.1, 0.15) is 6.61 Å². The van der Waals surface area contributed by atoms with Crippen molar-refractivity contribution >= 4 is 23.7 Å². The van der Waals surface area contributed by atoms with Gasteiger partial charge in [-0.3, -0.25) is 9.59 Å². The van der Waals surface area contributed by atoms with Crippen LogP contribution in [-0.2, 0) is 16.2 Å². The zero-order valence-electron chi connectivity index (χ0n) is 18.2. The Morgan fingerprint density at radius 3 is 2.47 bits per heavy atom. The van der Waals surface area contributed by atoms with Crippen molar-refractivity contribution in [1.29, 1.82) is 0 Å². The number of hydrazone groups is 1. The lowest BCUT2D eigenvalue weighted by Gasteiger charge is -2.11. The van der Waals surface area contributed by atoms with E-state index in [-0.39, 0.29) is 0 Å². The lowest BCUT2D eigenvalue weighted by molar-refractivity contribution is -0.136. The summed E-state index contributed by atoms with van der Waals surface area (Å²) in [6.45, 7) is 4.17. The fourth-order valence-corrected chi connectivity index (χ4v) is 2.88. The number of aryl methyl sites for hydroxylation is 2. The molecule has 2 amide bonds. The van der Waals surface area contributed by atoms with Crippen molar-refractivity contribution in [1.82, 2.24) is 5.43 Å². The van der Waals surface area contributed by atoms with Crippen molar-refractivity contribution in [2.75, 3.05) is 12.4 Å². The molecule has 0 radical (unpaired) electrons. The van der Waals surface area contributed by atoms with Gasteiger partial charge in [0, 0.05) is 5.69 Å². The minimum Gasteiger partial charge on any atom is -0.493 e. The Morgan fingerprint density at radius 2 is 1.72 bits per heavy atom. The zero-order chi connectivity index (χ0) is 22.9. The minimum absolute atomic E-state index is 0.413. The number of rotatable bonds is 7. The predicted octanol–water partition coefficient (Wildman–Crippen LogP) is 3.98. The third-order valence-electron chi connectivity index (χ3n) is 4.65. The van der Waals surface area contributed by atoms with E-state index >= 15 is 0 Å². The quantitative estimate of drug-likeness (QED) is 0.336. The van der Waals surface area contributed by atoms with E-state index in [0.717, 1.165) is 16.7 Å². The molecule has 0 saturated carbocycles. The summed E-state index contributed by atoms with van der Waals surface area (Å²) in [5, 5.41) is 6.45. The molecule has 2 N–H and O–H groups in total. The summed E-state index contributed by atoms with van der Waals surface area (Å²) in [5.41, 5.74) is 6.38. The first-order valence-corrected chi connectivity index (χ1v) is 10.0. The molecule has 0 atom stereocenters. The van der Waals surface area contributed by atoms with E-state index in [1.54, 1.807) is 31.4 Å². The standard InChI is InChI=1S/C25H25N3O4/c1-17-9-10-18(2)21(13-17)27-24(29)25(30)28-26-15-20-11-12-22(23(14-20)31-3)32-16-19-7-5-4-6-8-19/h4-15H,16H2,1-3H3,(H,27,29)(H,28,30)/b26-15+. The van der Waals surface area contributed by atoms with Crippen LogP contribution in [0.5, 0.6) is 11.5 Å². The van der Waals surface area contributed by atoms with E-state index in [4.69, 9.17) is 9.47 Å². The highest BCUT2D eigenvalue weighted by atomic mass is 16.5. The topological polar surface area (TPSA) is 89.0 Å². The highest BCUT2D eigenvalue weighted by molar-refractivity contribution is 6.39. The van der Waals surface area contributed by atoms with Crippen LogP contribution in [0.15, 0.2) is 71.8 Å². The molecule has 0 saturated heterocycles. The van der Waals surface area contributed by atoms with Crippen molar-refractivity contribution in [3.63, 3.8) is 0 Å². The number of amides is 2. The number of nitrogens with one attached hydrogen (secondary N) is 2. The molecular formula is C25H25N3O4. The van der Waals surface area contributed by atoms with Crippen LogP contribution in [0.3, 0.4) is 0 Å². The molecule has 32 heavy (non-hydrogen) atoms. The fourth-order valence-electron chi connectivity index (χ4n) is 2.88. The number of ether oxygens (including phenoxy) is 2. The van der Waals surface area contributed by atoms with Crippen LogP contribution in [0, 0.1) is 13.8 Å². The molecule has 0 bridgehead atoms. The summed E-state index contributed by atoms with van der Waals surface area (Å²) in [4.78, 5) is 24.2. The van der Waals surface area contributed by atoms with E-state index < -0.39 is 11.8 Å². The molecule has 164 valence electrons. The summed E-state index contributed by atoms with van der Waals surface area (Å²) >= 11 is 0. The maximum atomic E-state index is 12.1. The number of hydrogen-bond acceptors (Lipinski definition) is 5. The van der Waals surface area contributed by atoms with Gasteiger partial charge in [0.25, 0.3) is 0 Å². The zero-order valence-corrected chi connectivity index (χ0v) is 18.2. The Balaban J connectivity index is 1.57. The van der Waals surface area contributed by atoms with Gasteiger partial charge in [-0.2, -0.15) is 5.10 Å². The van der Waals surface area contributed by atoms with E-state index in [1.807, 2.05) is 56.3 Å². The normalized spacial score (nSPS) is 10.6. The van der Waals surface area contributed by atoms with E-state index in [9.17, 15) is 9.59 Å². The van der Waals surface area contributed by atoms with E-state index in [1.165, 1.54) is 6.21 Å². The number of carbonyl (C=O) groups excluding carboxylic acids is 2. The van der Waals surface area contributed by atoms with Gasteiger partial charge in [-0.25, -0.2) is 5.43 Å². The Kier molecular flexibility index (Phi) is 7.59. The minimum atomic E-state index is -0.864. The molecule has 7 heteroatoms. The summed E-state index contributed by atoms with van der Waals surface area (Å²) in [6.07, 6.45) is 1.42. The van der Waals surface area contributed by atoms with Crippen LogP contribution in [0.25, 0.3) is 0 Å². The third-order valence-corrected chi connectivity index (χ3v) is 4.65. The smallest absolute Gasteiger partial charge is 0.329 e. The van der Waals surface area contributed by atoms with Crippen molar-refractivity contribution in [2.45, 2.75) is 20.5 Å². The molecule has 0 spiro atoms. The Morgan fingerprint density at radius 1 is 0.938 bits per heavy atom. The van der Waals surface area contributed by atoms with Gasteiger partial charge in [0.05, 0.1) is 13.3 Å². The van der Waals surface area contributed by atoms with Crippen LogP contribution >= 0.6 is 0 Å². The molecule has 0 aliphatic heterocycles. The summed E-state index contributed by atoms with van der Waals surface area (Å²) in [6, 6.07) is 20.7. The molecular weight excluding hydrogens is 406 g/mol. The number of benzene rings is 3. The second-order valence-corrected chi connectivity index (χ2v) is 7.16. The van der Waals surface area contributed by atoms with Crippen LogP contribution < -0.4 is 20.2 Å². The average Bonchev–Trinajstić information content (AvgIpc) is 2.81. The first kappa shape index (κ1) is 22.6. The first-order valence-electron chi connectivity index (χ1n) is 10.0. The SMILES string of the molecule is COc1cc(/C=N/NC(=O)C(=O)Nc2cc(C)ccc2C)ccc1OCc1ccccc1. The number of methoxy groups -OCH3 is 1. The van der Waals surface area contributed by atoms with Crippen LogP contribution in [0.4, 0.5) is 5.69 Å². The van der Waals surface area contributed by atoms with Crippen LogP contribution in [-0.4, -0.2) is 25.1 Å². The third kappa shape index (κ3) is 6.18. The monoisotopic (exact) mass is 431 g/mol. The lowest BCUT2D eigenvalue weighted by atomic mass is 10.1. The molecule has 0 fully saturated rings.